The molecule has 210 valence electrons. The minimum absolute atomic E-state index is 0.158. The first-order valence-electron chi connectivity index (χ1n) is 14.2. The summed E-state index contributed by atoms with van der Waals surface area (Å²) in [5.74, 6) is 0.599. The summed E-state index contributed by atoms with van der Waals surface area (Å²) >= 11 is 0. The van der Waals surface area contributed by atoms with Crippen LogP contribution in [0.1, 0.15) is 69.7 Å². The van der Waals surface area contributed by atoms with Crippen LogP contribution in [0.3, 0.4) is 0 Å². The lowest BCUT2D eigenvalue weighted by atomic mass is 9.79. The molecule has 2 aromatic carbocycles. The summed E-state index contributed by atoms with van der Waals surface area (Å²) < 4.78 is 11.2. The zero-order valence-corrected chi connectivity index (χ0v) is 24.5. The van der Waals surface area contributed by atoms with Crippen LogP contribution in [0.4, 0.5) is 16.2 Å². The molecule has 0 atom stereocenters. The highest BCUT2D eigenvalue weighted by molar-refractivity contribution is 6.08. The fourth-order valence-electron chi connectivity index (χ4n) is 6.22. The number of ether oxygens (including phenoxy) is 2. The van der Waals surface area contributed by atoms with Crippen LogP contribution >= 0.6 is 0 Å². The zero-order valence-electron chi connectivity index (χ0n) is 24.5. The Kier molecular flexibility index (Phi) is 6.94. The van der Waals surface area contributed by atoms with Gasteiger partial charge in [-0.05, 0) is 102 Å². The first-order valence-corrected chi connectivity index (χ1v) is 14.2. The van der Waals surface area contributed by atoms with Crippen molar-refractivity contribution in [3.05, 3.63) is 58.7 Å². The maximum atomic E-state index is 13.6. The third kappa shape index (κ3) is 5.13. The maximum absolute atomic E-state index is 13.6. The van der Waals surface area contributed by atoms with Crippen LogP contribution in [-0.2, 0) is 25.2 Å². The van der Waals surface area contributed by atoms with E-state index in [4.69, 9.17) is 9.47 Å². The molecule has 2 saturated heterocycles. The van der Waals surface area contributed by atoms with Crippen LogP contribution in [0.2, 0.25) is 0 Å². The third-order valence-corrected chi connectivity index (χ3v) is 8.60. The number of likely N-dealkylation sites (tertiary alicyclic amines) is 1. The molecule has 5 rings (SSSR count). The second-order valence-corrected chi connectivity index (χ2v) is 13.1. The Morgan fingerprint density at radius 1 is 1.08 bits per heavy atom. The van der Waals surface area contributed by atoms with Gasteiger partial charge in [0.2, 0.25) is 5.91 Å². The lowest BCUT2D eigenvalue weighted by Gasteiger charge is -2.51. The van der Waals surface area contributed by atoms with Gasteiger partial charge in [0.05, 0.1) is 24.0 Å². The first-order chi connectivity index (χ1) is 18.3. The Balaban J connectivity index is 1.46. The topological polar surface area (TPSA) is 71.1 Å². The van der Waals surface area contributed by atoms with Gasteiger partial charge in [0, 0.05) is 31.1 Å². The van der Waals surface area contributed by atoms with Crippen molar-refractivity contribution in [2.24, 2.45) is 5.92 Å². The fraction of sp³-hybridized carbons (Fsp3) is 0.562. The molecule has 0 bridgehead atoms. The summed E-state index contributed by atoms with van der Waals surface area (Å²) in [4.78, 5) is 30.2. The van der Waals surface area contributed by atoms with Crippen LogP contribution in [0.5, 0.6) is 0 Å². The van der Waals surface area contributed by atoms with Gasteiger partial charge in [-0.15, -0.1) is 0 Å². The first kappa shape index (κ1) is 27.5. The number of benzene rings is 2. The number of hydrogen-bond acceptors (Lipinski definition) is 5. The molecule has 0 aliphatic carbocycles. The minimum atomic E-state index is -0.562. The van der Waals surface area contributed by atoms with E-state index in [0.29, 0.717) is 19.0 Å². The number of carbonyl (C=O) groups is 2. The summed E-state index contributed by atoms with van der Waals surface area (Å²) in [5, 5.41) is 3.81. The van der Waals surface area contributed by atoms with Crippen LogP contribution in [0, 0.1) is 19.8 Å². The normalized spacial score (nSPS) is 20.4. The molecule has 7 nitrogen and oxygen atoms in total. The van der Waals surface area contributed by atoms with E-state index in [9.17, 15) is 9.59 Å². The molecular weight excluding hydrogens is 490 g/mol. The van der Waals surface area contributed by atoms with E-state index in [1.165, 1.54) is 16.7 Å². The largest absolute Gasteiger partial charge is 0.444 e. The monoisotopic (exact) mass is 533 g/mol. The van der Waals surface area contributed by atoms with Gasteiger partial charge < -0.3 is 24.6 Å². The standard InChI is InChI=1S/C32H43N3O4/c1-21-9-8-10-25(22(21)2)32(19-34(20-32)29(37)39-30(3,4)5)33-24-11-12-26-27(17-24)35(28(36)31(26,6)7)18-23-13-15-38-16-14-23/h8-12,17,23,33H,13-16,18-20H2,1-7H3. The van der Waals surface area contributed by atoms with Gasteiger partial charge in [-0.25, -0.2) is 4.79 Å². The number of carbonyl (C=O) groups excluding carboxylic acids is 2. The van der Waals surface area contributed by atoms with E-state index in [2.05, 4.69) is 55.6 Å². The Morgan fingerprint density at radius 3 is 2.44 bits per heavy atom. The molecule has 39 heavy (non-hydrogen) atoms. The smallest absolute Gasteiger partial charge is 0.410 e. The summed E-state index contributed by atoms with van der Waals surface area (Å²) in [6, 6.07) is 12.7. The van der Waals surface area contributed by atoms with Crippen LogP contribution in [0.15, 0.2) is 36.4 Å². The lowest BCUT2D eigenvalue weighted by molar-refractivity contribution is -0.122. The molecule has 0 unspecified atom stereocenters. The van der Waals surface area contributed by atoms with E-state index in [1.54, 1.807) is 4.90 Å². The predicted octanol–water partition coefficient (Wildman–Crippen LogP) is 5.91. The van der Waals surface area contributed by atoms with Gasteiger partial charge in [-0.1, -0.05) is 24.3 Å². The van der Waals surface area contributed by atoms with Crippen molar-refractivity contribution < 1.29 is 19.1 Å². The average Bonchev–Trinajstić information content (AvgIpc) is 3.02. The number of nitrogens with zero attached hydrogens (tertiary/aromatic N) is 2. The molecule has 3 heterocycles. The van der Waals surface area contributed by atoms with Crippen LogP contribution in [0.25, 0.3) is 0 Å². The van der Waals surface area contributed by atoms with E-state index in [0.717, 1.165) is 49.5 Å². The van der Waals surface area contributed by atoms with E-state index < -0.39 is 16.6 Å². The summed E-state index contributed by atoms with van der Waals surface area (Å²) in [6.45, 7) is 17.2. The Labute approximate surface area is 232 Å². The SMILES string of the molecule is Cc1cccc(C2(Nc3ccc4c(c3)N(CC3CCOCC3)C(=O)C4(C)C)CN(C(=O)OC(C)(C)C)C2)c1C. The molecule has 3 aliphatic heterocycles. The molecule has 3 aliphatic rings. The third-order valence-electron chi connectivity index (χ3n) is 8.60. The van der Waals surface area contributed by atoms with Gasteiger partial charge in [-0.3, -0.25) is 4.79 Å². The van der Waals surface area contributed by atoms with Crippen molar-refractivity contribution >= 4 is 23.4 Å². The summed E-state index contributed by atoms with van der Waals surface area (Å²) in [7, 11) is 0. The number of anilines is 2. The van der Waals surface area contributed by atoms with Crippen molar-refractivity contribution in [3.8, 4) is 0 Å². The highest BCUT2D eigenvalue weighted by atomic mass is 16.6. The number of hydrogen-bond donors (Lipinski definition) is 1. The quantitative estimate of drug-likeness (QED) is 0.517. The van der Waals surface area contributed by atoms with Crippen LogP contribution < -0.4 is 10.2 Å². The number of rotatable bonds is 5. The number of aryl methyl sites for hydroxylation is 1. The predicted molar refractivity (Wildman–Crippen MR) is 154 cm³/mol. The molecule has 0 radical (unpaired) electrons. The zero-order chi connectivity index (χ0) is 28.2. The van der Waals surface area contributed by atoms with Crippen molar-refractivity contribution in [2.75, 3.05) is 43.1 Å². The summed E-state index contributed by atoms with van der Waals surface area (Å²) in [5.41, 5.74) is 5.05. The van der Waals surface area contributed by atoms with E-state index in [1.807, 2.05) is 39.5 Å². The average molecular weight is 534 g/mol. The van der Waals surface area contributed by atoms with Gasteiger partial charge in [-0.2, -0.15) is 0 Å². The highest BCUT2D eigenvalue weighted by Crippen LogP contribution is 2.45. The van der Waals surface area contributed by atoms with E-state index in [-0.39, 0.29) is 12.0 Å². The highest BCUT2D eigenvalue weighted by Gasteiger charge is 2.49. The van der Waals surface area contributed by atoms with Gasteiger partial charge in [0.25, 0.3) is 0 Å². The van der Waals surface area contributed by atoms with Crippen molar-refractivity contribution in [1.82, 2.24) is 4.90 Å². The molecule has 0 saturated carbocycles. The lowest BCUT2D eigenvalue weighted by Crippen LogP contribution is -2.65. The number of fused-ring (bicyclic) bond motifs is 1. The number of amides is 2. The van der Waals surface area contributed by atoms with Gasteiger partial charge in [0.1, 0.15) is 5.60 Å². The summed E-state index contributed by atoms with van der Waals surface area (Å²) in [6.07, 6.45) is 1.66. The van der Waals surface area contributed by atoms with Crippen LogP contribution in [-0.4, -0.2) is 55.3 Å². The molecule has 7 heteroatoms. The Morgan fingerprint density at radius 2 is 1.77 bits per heavy atom. The van der Waals surface area contributed by atoms with Gasteiger partial charge in [0.15, 0.2) is 0 Å². The molecule has 1 N–H and O–H groups in total. The molecule has 2 aromatic rings. The Bertz CT molecular complexity index is 1270. The number of nitrogens with one attached hydrogen (secondary N) is 1. The Hall–Kier alpha value is -3.06. The van der Waals surface area contributed by atoms with E-state index >= 15 is 0 Å². The van der Waals surface area contributed by atoms with Crippen molar-refractivity contribution in [2.45, 2.75) is 77.9 Å². The maximum Gasteiger partial charge on any atom is 0.410 e. The second kappa shape index (κ2) is 9.84. The molecule has 0 spiro atoms. The van der Waals surface area contributed by atoms with Crippen molar-refractivity contribution in [3.63, 3.8) is 0 Å². The fourth-order valence-corrected chi connectivity index (χ4v) is 6.22. The minimum Gasteiger partial charge on any atom is -0.444 e. The molecule has 2 fully saturated rings. The molecular formula is C32H43N3O4. The van der Waals surface area contributed by atoms with Gasteiger partial charge >= 0.3 is 6.09 Å². The molecule has 2 amide bonds. The van der Waals surface area contributed by atoms with Crippen molar-refractivity contribution in [1.29, 1.82) is 0 Å². The second-order valence-electron chi connectivity index (χ2n) is 13.1. The molecule has 0 aromatic heterocycles.